The van der Waals surface area contributed by atoms with Crippen molar-refractivity contribution < 1.29 is 9.90 Å². The molecule has 1 aromatic rings. The Morgan fingerprint density at radius 3 is 2.63 bits per heavy atom. The summed E-state index contributed by atoms with van der Waals surface area (Å²) in [6.45, 7) is 0.978. The number of likely N-dealkylation sites (tertiary alicyclic amines) is 1. The molecule has 0 atom stereocenters. The molecule has 0 aromatic heterocycles. The van der Waals surface area contributed by atoms with Gasteiger partial charge in [-0.2, -0.15) is 0 Å². The van der Waals surface area contributed by atoms with Gasteiger partial charge >= 0.3 is 0 Å². The van der Waals surface area contributed by atoms with Gasteiger partial charge in [0.2, 0.25) is 0 Å². The lowest BCUT2D eigenvalue weighted by Gasteiger charge is -2.47. The fourth-order valence-corrected chi connectivity index (χ4v) is 2.74. The number of β-amino-alcohol motifs (C(OH)–C–C–N with tert-alkyl or cyclic N) is 1. The third-order valence-corrected chi connectivity index (χ3v) is 4.16. The van der Waals surface area contributed by atoms with E-state index < -0.39 is 5.60 Å². The summed E-state index contributed by atoms with van der Waals surface area (Å²) in [6.07, 6.45) is 2.21. The van der Waals surface area contributed by atoms with E-state index in [0.29, 0.717) is 24.6 Å². The molecule has 1 aromatic carbocycles. The van der Waals surface area contributed by atoms with Crippen LogP contribution in [-0.4, -0.2) is 48.7 Å². The van der Waals surface area contributed by atoms with Gasteiger partial charge in [-0.15, -0.1) is 0 Å². The van der Waals surface area contributed by atoms with Crippen molar-refractivity contribution in [2.24, 2.45) is 5.92 Å². The molecule has 1 saturated carbocycles. The first-order valence-corrected chi connectivity index (χ1v) is 6.79. The summed E-state index contributed by atoms with van der Waals surface area (Å²) in [6, 6.07) is 7.61. The number of amides is 1. The van der Waals surface area contributed by atoms with Crippen LogP contribution in [0, 0.1) is 5.92 Å². The lowest BCUT2D eigenvalue weighted by molar-refractivity contribution is -0.0958. The molecule has 0 radical (unpaired) electrons. The molecule has 0 spiro atoms. The molecule has 0 bridgehead atoms. The average Bonchev–Trinajstić information content (AvgIpc) is 3.18. The van der Waals surface area contributed by atoms with E-state index >= 15 is 0 Å². The van der Waals surface area contributed by atoms with Gasteiger partial charge in [0.15, 0.2) is 0 Å². The number of anilines is 1. The van der Waals surface area contributed by atoms with Crippen molar-refractivity contribution in [1.82, 2.24) is 4.90 Å². The second kappa shape index (κ2) is 4.23. The van der Waals surface area contributed by atoms with Crippen LogP contribution in [0.4, 0.5) is 5.69 Å². The van der Waals surface area contributed by atoms with Crippen LogP contribution in [0.1, 0.15) is 23.2 Å². The van der Waals surface area contributed by atoms with Crippen LogP contribution in [-0.2, 0) is 0 Å². The van der Waals surface area contributed by atoms with Gasteiger partial charge in [0, 0.05) is 25.3 Å². The summed E-state index contributed by atoms with van der Waals surface area (Å²) in [5.74, 6) is 0.443. The molecule has 2 fully saturated rings. The Morgan fingerprint density at radius 2 is 2.05 bits per heavy atom. The molecule has 4 nitrogen and oxygen atoms in total. The van der Waals surface area contributed by atoms with Gasteiger partial charge in [0.05, 0.1) is 13.1 Å². The Labute approximate surface area is 113 Å². The number of hydrogen-bond acceptors (Lipinski definition) is 3. The normalized spacial score (nSPS) is 20.9. The molecule has 1 saturated heterocycles. The van der Waals surface area contributed by atoms with Gasteiger partial charge in [-0.25, -0.2) is 0 Å². The lowest BCUT2D eigenvalue weighted by Crippen LogP contribution is -2.64. The van der Waals surface area contributed by atoms with Crippen LogP contribution in [0.3, 0.4) is 0 Å². The zero-order valence-corrected chi connectivity index (χ0v) is 11.5. The molecule has 3 rings (SSSR count). The number of hydrogen-bond donors (Lipinski definition) is 1. The quantitative estimate of drug-likeness (QED) is 0.892. The first kappa shape index (κ1) is 12.5. The number of aliphatic hydroxyl groups is 1. The molecule has 102 valence electrons. The van der Waals surface area contributed by atoms with Crippen molar-refractivity contribution in [3.63, 3.8) is 0 Å². The smallest absolute Gasteiger partial charge is 0.254 e. The highest BCUT2D eigenvalue weighted by Gasteiger charge is 2.53. The highest BCUT2D eigenvalue weighted by Crippen LogP contribution is 2.44. The van der Waals surface area contributed by atoms with E-state index in [9.17, 15) is 9.90 Å². The minimum Gasteiger partial charge on any atom is -0.386 e. The Balaban J connectivity index is 1.69. The maximum atomic E-state index is 12.3. The van der Waals surface area contributed by atoms with E-state index in [2.05, 4.69) is 0 Å². The molecule has 19 heavy (non-hydrogen) atoms. The van der Waals surface area contributed by atoms with Crippen molar-refractivity contribution in [3.05, 3.63) is 29.8 Å². The molecule has 1 aliphatic carbocycles. The molecule has 4 heteroatoms. The van der Waals surface area contributed by atoms with Crippen LogP contribution in [0.25, 0.3) is 0 Å². The van der Waals surface area contributed by atoms with Gasteiger partial charge in [-0.1, -0.05) is 6.07 Å². The molecule has 1 heterocycles. The van der Waals surface area contributed by atoms with E-state index in [0.717, 1.165) is 18.5 Å². The van der Waals surface area contributed by atoms with Crippen LogP contribution < -0.4 is 4.90 Å². The highest BCUT2D eigenvalue weighted by molar-refractivity contribution is 5.95. The Kier molecular flexibility index (Phi) is 2.78. The van der Waals surface area contributed by atoms with Crippen molar-refractivity contribution in [2.75, 3.05) is 32.1 Å². The SMILES string of the molecule is CN(C)c1cccc(C(=O)N2CC(O)(C3CC3)C2)c1. The summed E-state index contributed by atoms with van der Waals surface area (Å²) in [7, 11) is 3.91. The van der Waals surface area contributed by atoms with Gasteiger partial charge in [0.1, 0.15) is 5.60 Å². The third kappa shape index (κ3) is 2.21. The van der Waals surface area contributed by atoms with Gasteiger partial charge in [-0.05, 0) is 37.0 Å². The van der Waals surface area contributed by atoms with E-state index in [1.54, 1.807) is 4.90 Å². The predicted molar refractivity (Wildman–Crippen MR) is 74.3 cm³/mol. The zero-order valence-electron chi connectivity index (χ0n) is 11.5. The van der Waals surface area contributed by atoms with E-state index in [1.807, 2.05) is 43.3 Å². The standard InChI is InChI=1S/C15H20N2O2/c1-16(2)13-5-3-4-11(8-13)14(18)17-9-15(19,10-17)12-6-7-12/h3-5,8,12,19H,6-7,9-10H2,1-2H3. The second-order valence-electron chi connectivity index (χ2n) is 5.98. The molecule has 0 unspecified atom stereocenters. The van der Waals surface area contributed by atoms with Crippen molar-refractivity contribution in [2.45, 2.75) is 18.4 Å². The maximum Gasteiger partial charge on any atom is 0.254 e. The van der Waals surface area contributed by atoms with Crippen LogP contribution in [0.2, 0.25) is 0 Å². The Bertz CT molecular complexity index is 503. The van der Waals surface area contributed by atoms with Crippen LogP contribution >= 0.6 is 0 Å². The summed E-state index contributed by atoms with van der Waals surface area (Å²) in [5, 5.41) is 10.3. The summed E-state index contributed by atoms with van der Waals surface area (Å²) >= 11 is 0. The third-order valence-electron chi connectivity index (χ3n) is 4.16. The van der Waals surface area contributed by atoms with Gasteiger partial charge < -0.3 is 14.9 Å². The van der Waals surface area contributed by atoms with E-state index in [-0.39, 0.29) is 5.91 Å². The predicted octanol–water partition coefficient (Wildman–Crippen LogP) is 1.35. The topological polar surface area (TPSA) is 43.8 Å². The van der Waals surface area contributed by atoms with Crippen molar-refractivity contribution >= 4 is 11.6 Å². The van der Waals surface area contributed by atoms with Gasteiger partial charge in [-0.3, -0.25) is 4.79 Å². The van der Waals surface area contributed by atoms with Gasteiger partial charge in [0.25, 0.3) is 5.91 Å². The lowest BCUT2D eigenvalue weighted by atomic mass is 9.88. The number of carbonyl (C=O) groups is 1. The first-order valence-electron chi connectivity index (χ1n) is 6.79. The molecule has 2 aliphatic rings. The summed E-state index contributed by atoms with van der Waals surface area (Å²) < 4.78 is 0. The summed E-state index contributed by atoms with van der Waals surface area (Å²) in [5.41, 5.74) is 1.11. The van der Waals surface area contributed by atoms with E-state index in [4.69, 9.17) is 0 Å². The molecule has 1 aliphatic heterocycles. The Hall–Kier alpha value is -1.55. The van der Waals surface area contributed by atoms with Crippen LogP contribution in [0.5, 0.6) is 0 Å². The minimum absolute atomic E-state index is 0.0222. The largest absolute Gasteiger partial charge is 0.386 e. The molecular weight excluding hydrogens is 240 g/mol. The average molecular weight is 260 g/mol. The zero-order chi connectivity index (χ0) is 13.6. The van der Waals surface area contributed by atoms with Crippen molar-refractivity contribution in [1.29, 1.82) is 0 Å². The van der Waals surface area contributed by atoms with Crippen LogP contribution in [0.15, 0.2) is 24.3 Å². The summed E-state index contributed by atoms with van der Waals surface area (Å²) in [4.78, 5) is 16.1. The molecule has 1 N–H and O–H groups in total. The Morgan fingerprint density at radius 1 is 1.37 bits per heavy atom. The highest BCUT2D eigenvalue weighted by atomic mass is 16.3. The number of carbonyl (C=O) groups excluding carboxylic acids is 1. The molecular formula is C15H20N2O2. The maximum absolute atomic E-state index is 12.3. The number of rotatable bonds is 3. The van der Waals surface area contributed by atoms with E-state index in [1.165, 1.54) is 0 Å². The first-order chi connectivity index (χ1) is 8.99. The van der Waals surface area contributed by atoms with Crippen molar-refractivity contribution in [3.8, 4) is 0 Å². The number of nitrogens with zero attached hydrogens (tertiary/aromatic N) is 2. The fourth-order valence-electron chi connectivity index (χ4n) is 2.74. The fraction of sp³-hybridized carbons (Fsp3) is 0.533. The number of benzene rings is 1. The molecule has 1 amide bonds. The minimum atomic E-state index is -0.602. The second-order valence-corrected chi connectivity index (χ2v) is 5.98. The monoisotopic (exact) mass is 260 g/mol.